The zero-order chi connectivity index (χ0) is 14.8. The zero-order valence-corrected chi connectivity index (χ0v) is 10.9. The summed E-state index contributed by atoms with van der Waals surface area (Å²) in [5.74, 6) is 0.0782. The van der Waals surface area contributed by atoms with Crippen molar-refractivity contribution in [3.05, 3.63) is 21.2 Å². The lowest BCUT2D eigenvalue weighted by Gasteiger charge is -2.13. The molecule has 0 bridgehead atoms. The number of nitrogens with two attached hydrogens (primary N) is 1. The number of rotatable bonds is 0. The van der Waals surface area contributed by atoms with Crippen LogP contribution >= 0.6 is 0 Å². The maximum Gasteiger partial charge on any atom is 0.394 e. The first-order valence-corrected chi connectivity index (χ1v) is 6.49. The van der Waals surface area contributed by atoms with Crippen molar-refractivity contribution < 1.29 is 17.5 Å². The van der Waals surface area contributed by atoms with Gasteiger partial charge < -0.3 is 5.73 Å². The number of nitrogen functional groups attached to an aromatic ring is 1. The molecule has 2 atom stereocenters. The first-order valence-electron chi connectivity index (χ1n) is 5.09. The predicted molar refractivity (Wildman–Crippen MR) is 64.7 cm³/mol. The number of hydrogen-bond donors (Lipinski definition) is 4. The lowest BCUT2D eigenvalue weighted by molar-refractivity contribution is 0.381. The Hall–Kier alpha value is -1.85. The molecule has 19 heavy (non-hydrogen) atoms. The Balaban J connectivity index is 0.000000312. The van der Waals surface area contributed by atoms with Gasteiger partial charge in [-0.15, -0.1) is 0 Å². The minimum atomic E-state index is -4.67. The minimum Gasteiger partial charge on any atom is -0.369 e. The van der Waals surface area contributed by atoms with E-state index < -0.39 is 10.4 Å². The average Bonchev–Trinajstić information content (AvgIpc) is 2.18. The molecule has 5 N–H and O–H groups in total. The molecule has 0 fully saturated rings. The van der Waals surface area contributed by atoms with E-state index in [1.54, 1.807) is 0 Å². The summed E-state index contributed by atoms with van der Waals surface area (Å²) in [6.45, 7) is 3.84. The summed E-state index contributed by atoms with van der Waals surface area (Å²) in [5, 5.41) is 0.282. The van der Waals surface area contributed by atoms with E-state index in [-0.39, 0.29) is 28.9 Å². The van der Waals surface area contributed by atoms with Crippen LogP contribution in [0.5, 0.6) is 0 Å². The summed E-state index contributed by atoms with van der Waals surface area (Å²) >= 11 is 0. The number of fused-ring (bicyclic) bond motifs is 1. The van der Waals surface area contributed by atoms with Gasteiger partial charge in [-0.25, -0.2) is 0 Å². The van der Waals surface area contributed by atoms with Gasteiger partial charge in [0.25, 0.3) is 5.56 Å². The second kappa shape index (κ2) is 5.42. The van der Waals surface area contributed by atoms with Crippen LogP contribution in [0.3, 0.4) is 0 Å². The van der Waals surface area contributed by atoms with Gasteiger partial charge in [0.1, 0.15) is 0 Å². The van der Waals surface area contributed by atoms with Crippen molar-refractivity contribution in [3.8, 4) is 0 Å². The molecule has 0 spiro atoms. The maximum absolute atomic E-state index is 11.4. The first kappa shape index (κ1) is 15.2. The van der Waals surface area contributed by atoms with Crippen molar-refractivity contribution in [2.75, 3.05) is 5.73 Å². The summed E-state index contributed by atoms with van der Waals surface area (Å²) in [6, 6.07) is 0.0465. The average molecular weight is 291 g/mol. The Labute approximate surface area is 107 Å². The smallest absolute Gasteiger partial charge is 0.369 e. The molecule has 1 aliphatic rings. The second-order valence-corrected chi connectivity index (χ2v) is 4.71. The topological polar surface area (TPSA) is 171 Å². The van der Waals surface area contributed by atoms with Crippen molar-refractivity contribution in [2.24, 2.45) is 9.98 Å². The van der Waals surface area contributed by atoms with Crippen molar-refractivity contribution in [1.29, 1.82) is 0 Å². The van der Waals surface area contributed by atoms with E-state index in [1.165, 1.54) is 0 Å². The van der Waals surface area contributed by atoms with Gasteiger partial charge in [-0.1, -0.05) is 0 Å². The molecular formula is C8H13N5O5S. The van der Waals surface area contributed by atoms with Crippen LogP contribution in [0.25, 0.3) is 0 Å². The number of anilines is 1. The monoisotopic (exact) mass is 291 g/mol. The minimum absolute atomic E-state index is 0.00836. The van der Waals surface area contributed by atoms with Crippen molar-refractivity contribution in [3.63, 3.8) is 0 Å². The number of aromatic nitrogens is 2. The molecule has 0 saturated carbocycles. The van der Waals surface area contributed by atoms with Crippen molar-refractivity contribution >= 4 is 16.3 Å². The normalized spacial score (nSPS) is 21.3. The summed E-state index contributed by atoms with van der Waals surface area (Å²) in [7, 11) is -4.67. The molecule has 2 rings (SSSR count). The molecule has 0 aromatic carbocycles. The highest BCUT2D eigenvalue weighted by atomic mass is 32.3. The highest BCUT2D eigenvalue weighted by Crippen LogP contribution is 2.01. The van der Waals surface area contributed by atoms with E-state index >= 15 is 0 Å². The summed E-state index contributed by atoms with van der Waals surface area (Å²) < 4.78 is 31.6. The van der Waals surface area contributed by atoms with Gasteiger partial charge in [0.2, 0.25) is 5.95 Å². The van der Waals surface area contributed by atoms with Crippen LogP contribution in [-0.2, 0) is 10.4 Å². The van der Waals surface area contributed by atoms with Crippen LogP contribution in [0, 0.1) is 0 Å². The molecule has 0 radical (unpaired) electrons. The summed E-state index contributed by atoms with van der Waals surface area (Å²) in [5.41, 5.74) is 5.41. The highest BCUT2D eigenvalue weighted by Gasteiger charge is 2.15. The van der Waals surface area contributed by atoms with E-state index in [0.717, 1.165) is 0 Å². The Bertz CT molecular complexity index is 732. The molecule has 0 amide bonds. The zero-order valence-electron chi connectivity index (χ0n) is 10.1. The fraction of sp³-hybridized carbons (Fsp3) is 0.500. The van der Waals surface area contributed by atoms with Gasteiger partial charge in [-0.3, -0.25) is 28.9 Å². The highest BCUT2D eigenvalue weighted by molar-refractivity contribution is 7.79. The lowest BCUT2D eigenvalue weighted by atomic mass is 10.2. The van der Waals surface area contributed by atoms with Crippen LogP contribution < -0.4 is 22.1 Å². The van der Waals surface area contributed by atoms with Crippen molar-refractivity contribution in [2.45, 2.75) is 25.9 Å². The molecule has 1 aliphatic heterocycles. The molecule has 10 nitrogen and oxygen atoms in total. The van der Waals surface area contributed by atoms with Gasteiger partial charge in [0.05, 0.1) is 12.1 Å². The van der Waals surface area contributed by atoms with E-state index in [0.29, 0.717) is 5.49 Å². The number of H-pyrrole nitrogens is 1. The predicted octanol–water partition coefficient (Wildman–Crippen LogP) is -2.27. The van der Waals surface area contributed by atoms with E-state index in [9.17, 15) is 4.79 Å². The SMILES string of the molecule is C[C@@H]1N=c2c(nc(N)[nH]c2=O)=N[C@@H]1C.O=S(=O)(O)O. The first-order chi connectivity index (χ1) is 8.58. The molecule has 0 unspecified atom stereocenters. The van der Waals surface area contributed by atoms with Crippen LogP contribution in [0.4, 0.5) is 5.95 Å². The van der Waals surface area contributed by atoms with Gasteiger partial charge in [0.15, 0.2) is 10.8 Å². The quantitative estimate of drug-likeness (QED) is 0.390. The molecule has 1 aromatic rings. The van der Waals surface area contributed by atoms with Crippen molar-refractivity contribution in [1.82, 2.24) is 9.97 Å². The van der Waals surface area contributed by atoms with Crippen LogP contribution in [0.2, 0.25) is 0 Å². The van der Waals surface area contributed by atoms with Crippen LogP contribution in [-0.4, -0.2) is 39.6 Å². The summed E-state index contributed by atoms with van der Waals surface area (Å²) in [4.78, 5) is 26.2. The Morgan fingerprint density at radius 3 is 2.21 bits per heavy atom. The molecule has 0 aliphatic carbocycles. The van der Waals surface area contributed by atoms with Gasteiger partial charge >= 0.3 is 10.4 Å². The number of nitrogens with zero attached hydrogens (tertiary/aromatic N) is 3. The lowest BCUT2D eigenvalue weighted by Crippen LogP contribution is -2.49. The molecule has 2 heterocycles. The fourth-order valence-electron chi connectivity index (χ4n) is 1.29. The third-order valence-electron chi connectivity index (χ3n) is 2.25. The number of hydrogen-bond acceptors (Lipinski definition) is 7. The van der Waals surface area contributed by atoms with E-state index in [2.05, 4.69) is 20.0 Å². The molecule has 1 aromatic heterocycles. The van der Waals surface area contributed by atoms with Crippen LogP contribution in [0.15, 0.2) is 14.8 Å². The molecule has 11 heteroatoms. The third-order valence-corrected chi connectivity index (χ3v) is 2.25. The van der Waals surface area contributed by atoms with Gasteiger partial charge in [0, 0.05) is 0 Å². The second-order valence-electron chi connectivity index (χ2n) is 3.81. The molecule has 0 saturated heterocycles. The fourth-order valence-corrected chi connectivity index (χ4v) is 1.29. The Kier molecular flexibility index (Phi) is 4.34. The van der Waals surface area contributed by atoms with E-state index in [4.69, 9.17) is 23.3 Å². The largest absolute Gasteiger partial charge is 0.394 e. The number of nitrogens with one attached hydrogen (secondary N) is 1. The van der Waals surface area contributed by atoms with E-state index in [1.807, 2.05) is 13.8 Å². The Morgan fingerprint density at radius 1 is 1.21 bits per heavy atom. The van der Waals surface area contributed by atoms with Gasteiger partial charge in [-0.2, -0.15) is 13.4 Å². The molecule has 106 valence electrons. The third kappa shape index (κ3) is 4.73. The Morgan fingerprint density at radius 2 is 1.68 bits per heavy atom. The number of aromatic amines is 1. The maximum atomic E-state index is 11.4. The van der Waals surface area contributed by atoms with Gasteiger partial charge in [-0.05, 0) is 13.8 Å². The standard InChI is InChI=1S/C8H11N5O.H2O4S/c1-3-4(2)11-6-5(10-3)7(14)13-8(9)12-6;1-5(2,3)4/h3-4H,1-2H3,(H3,9,11,12,13,14);(H2,1,2,3,4)/t3-,4+;/m0./s1. The van der Waals surface area contributed by atoms with Crippen LogP contribution in [0.1, 0.15) is 13.8 Å². The summed E-state index contributed by atoms with van der Waals surface area (Å²) in [6.07, 6.45) is 0. The molecular weight excluding hydrogens is 278 g/mol.